The van der Waals surface area contributed by atoms with Crippen molar-refractivity contribution in [3.05, 3.63) is 70.8 Å². The Hall–Kier alpha value is -2.08. The first-order valence-electron chi connectivity index (χ1n) is 10.9. The van der Waals surface area contributed by atoms with Crippen molar-refractivity contribution in [2.45, 2.75) is 85.5 Å². The summed E-state index contributed by atoms with van der Waals surface area (Å²) in [6.45, 7) is 23.3. The molecular weight excluding hydrogens is 348 g/mol. The van der Waals surface area contributed by atoms with Gasteiger partial charge in [0.05, 0.1) is 0 Å². The Labute approximate surface area is 178 Å². The lowest BCUT2D eigenvalue weighted by Gasteiger charge is -2.34. The molecule has 0 aromatic heterocycles. The Morgan fingerprint density at radius 3 is 1.59 bits per heavy atom. The fraction of sp³-hybridized carbons (Fsp3) is 0.448. The summed E-state index contributed by atoms with van der Waals surface area (Å²) in [5.74, 6) is 0. The highest BCUT2D eigenvalue weighted by atomic mass is 14.3. The second-order valence-corrected chi connectivity index (χ2v) is 11.7. The van der Waals surface area contributed by atoms with Crippen molar-refractivity contribution in [2.75, 3.05) is 0 Å². The SMILES string of the molecule is Cc1cc(-c2c(C(C)(C)C)cc(C(C)(C)C)cc2C(C)(C)C)cc2ccccc12. The average Bonchev–Trinajstić information content (AvgIpc) is 2.58. The Morgan fingerprint density at radius 2 is 1.10 bits per heavy atom. The normalized spacial score (nSPS) is 13.2. The Bertz CT molecular complexity index is 1010. The maximum absolute atomic E-state index is 2.47. The molecule has 0 radical (unpaired) electrons. The molecule has 154 valence electrons. The monoisotopic (exact) mass is 386 g/mol. The molecule has 0 aliphatic rings. The summed E-state index contributed by atoms with van der Waals surface area (Å²) in [6, 6.07) is 18.5. The number of rotatable bonds is 1. The van der Waals surface area contributed by atoms with Gasteiger partial charge >= 0.3 is 0 Å². The maximum Gasteiger partial charge on any atom is -0.0109 e. The first-order chi connectivity index (χ1) is 13.2. The van der Waals surface area contributed by atoms with Gasteiger partial charge in [-0.3, -0.25) is 0 Å². The number of aryl methyl sites for hydroxylation is 1. The lowest BCUT2D eigenvalue weighted by Crippen LogP contribution is -2.23. The molecule has 3 aromatic carbocycles. The molecule has 0 heteroatoms. The van der Waals surface area contributed by atoms with Gasteiger partial charge in [-0.1, -0.05) is 105 Å². The van der Waals surface area contributed by atoms with Crippen LogP contribution in [0.1, 0.15) is 84.6 Å². The molecule has 0 fully saturated rings. The largest absolute Gasteiger partial charge is 0.0616 e. The molecule has 3 rings (SSSR count). The lowest BCUT2D eigenvalue weighted by molar-refractivity contribution is 0.550. The number of benzene rings is 3. The van der Waals surface area contributed by atoms with Crippen molar-refractivity contribution in [3.63, 3.8) is 0 Å². The van der Waals surface area contributed by atoms with Crippen LogP contribution in [0.15, 0.2) is 48.5 Å². The van der Waals surface area contributed by atoms with E-state index in [0.717, 1.165) is 0 Å². The van der Waals surface area contributed by atoms with Crippen molar-refractivity contribution in [1.29, 1.82) is 0 Å². The maximum atomic E-state index is 2.47. The summed E-state index contributed by atoms with van der Waals surface area (Å²) in [6.07, 6.45) is 0. The molecule has 0 heterocycles. The van der Waals surface area contributed by atoms with Gasteiger partial charge in [0, 0.05) is 0 Å². The third-order valence-electron chi connectivity index (χ3n) is 5.98. The summed E-state index contributed by atoms with van der Waals surface area (Å²) in [4.78, 5) is 0. The third-order valence-corrected chi connectivity index (χ3v) is 5.98. The Morgan fingerprint density at radius 1 is 0.586 bits per heavy atom. The minimum atomic E-state index is 0.0656. The zero-order valence-corrected chi connectivity index (χ0v) is 20.1. The standard InChI is InChI=1S/C29H38/c1-19-15-21(16-20-13-11-12-14-23(19)20)26-24(28(5,6)7)17-22(27(2,3)4)18-25(26)29(8,9)10/h11-18H,1-10H3. The first-order valence-corrected chi connectivity index (χ1v) is 10.9. The summed E-state index contributed by atoms with van der Waals surface area (Å²) < 4.78 is 0. The molecule has 0 aliphatic carbocycles. The molecular formula is C29H38. The molecule has 0 saturated heterocycles. The van der Waals surface area contributed by atoms with Crippen LogP contribution >= 0.6 is 0 Å². The van der Waals surface area contributed by atoms with Crippen LogP contribution in [0.2, 0.25) is 0 Å². The average molecular weight is 387 g/mol. The van der Waals surface area contributed by atoms with Gasteiger partial charge in [0.1, 0.15) is 0 Å². The van der Waals surface area contributed by atoms with Crippen LogP contribution in [0.25, 0.3) is 21.9 Å². The molecule has 0 aliphatic heterocycles. The van der Waals surface area contributed by atoms with Crippen LogP contribution in [0.3, 0.4) is 0 Å². The van der Waals surface area contributed by atoms with E-state index in [1.807, 2.05) is 0 Å². The van der Waals surface area contributed by atoms with Crippen molar-refractivity contribution >= 4 is 10.8 Å². The van der Waals surface area contributed by atoms with Gasteiger partial charge < -0.3 is 0 Å². The van der Waals surface area contributed by atoms with Gasteiger partial charge in [-0.15, -0.1) is 0 Å². The summed E-state index contributed by atoms with van der Waals surface area (Å²) >= 11 is 0. The summed E-state index contributed by atoms with van der Waals surface area (Å²) in [7, 11) is 0. The smallest absolute Gasteiger partial charge is 0.0109 e. The lowest BCUT2D eigenvalue weighted by atomic mass is 9.70. The predicted molar refractivity (Wildman–Crippen MR) is 130 cm³/mol. The highest BCUT2D eigenvalue weighted by Crippen LogP contribution is 2.44. The van der Waals surface area contributed by atoms with Crippen LogP contribution < -0.4 is 0 Å². The fourth-order valence-corrected chi connectivity index (χ4v) is 4.22. The van der Waals surface area contributed by atoms with E-state index in [0.29, 0.717) is 0 Å². The van der Waals surface area contributed by atoms with Crippen molar-refractivity contribution < 1.29 is 0 Å². The third kappa shape index (κ3) is 4.27. The van der Waals surface area contributed by atoms with E-state index < -0.39 is 0 Å². The van der Waals surface area contributed by atoms with Gasteiger partial charge in [0.25, 0.3) is 0 Å². The minimum absolute atomic E-state index is 0.0656. The number of fused-ring (bicyclic) bond motifs is 1. The van der Waals surface area contributed by atoms with E-state index in [-0.39, 0.29) is 16.2 Å². The minimum Gasteiger partial charge on any atom is -0.0616 e. The molecule has 0 N–H and O–H groups in total. The molecule has 0 spiro atoms. The van der Waals surface area contributed by atoms with Crippen LogP contribution in [0, 0.1) is 6.92 Å². The van der Waals surface area contributed by atoms with E-state index in [9.17, 15) is 0 Å². The zero-order chi connectivity index (χ0) is 21.8. The van der Waals surface area contributed by atoms with Crippen LogP contribution in [0.4, 0.5) is 0 Å². The van der Waals surface area contributed by atoms with Gasteiger partial charge in [-0.2, -0.15) is 0 Å². The molecule has 0 unspecified atom stereocenters. The second kappa shape index (κ2) is 7.01. The van der Waals surface area contributed by atoms with Gasteiger partial charge in [0.2, 0.25) is 0 Å². The van der Waals surface area contributed by atoms with Crippen LogP contribution in [0.5, 0.6) is 0 Å². The first kappa shape index (κ1) is 21.6. The van der Waals surface area contributed by atoms with E-state index >= 15 is 0 Å². The fourth-order valence-electron chi connectivity index (χ4n) is 4.22. The van der Waals surface area contributed by atoms with Crippen molar-refractivity contribution in [3.8, 4) is 11.1 Å². The highest BCUT2D eigenvalue weighted by molar-refractivity contribution is 5.91. The van der Waals surface area contributed by atoms with Gasteiger partial charge in [-0.25, -0.2) is 0 Å². The topological polar surface area (TPSA) is 0 Å². The number of hydrogen-bond acceptors (Lipinski definition) is 0. The molecule has 0 bridgehead atoms. The Kier molecular flexibility index (Phi) is 5.23. The van der Waals surface area contributed by atoms with Crippen molar-refractivity contribution in [1.82, 2.24) is 0 Å². The molecule has 0 saturated carbocycles. The van der Waals surface area contributed by atoms with Crippen molar-refractivity contribution in [2.24, 2.45) is 0 Å². The molecule has 0 atom stereocenters. The molecule has 3 aromatic rings. The van der Waals surface area contributed by atoms with Gasteiger partial charge in [-0.05, 0) is 73.4 Å². The second-order valence-electron chi connectivity index (χ2n) is 11.7. The van der Waals surface area contributed by atoms with Gasteiger partial charge in [0.15, 0.2) is 0 Å². The molecule has 29 heavy (non-hydrogen) atoms. The predicted octanol–water partition coefficient (Wildman–Crippen LogP) is 8.71. The summed E-state index contributed by atoms with van der Waals surface area (Å²) in [5.41, 5.74) is 8.69. The Balaban J connectivity index is 2.47. The summed E-state index contributed by atoms with van der Waals surface area (Å²) in [5, 5.41) is 2.67. The van der Waals surface area contributed by atoms with E-state index in [1.165, 1.54) is 44.2 Å². The zero-order valence-electron chi connectivity index (χ0n) is 20.1. The van der Waals surface area contributed by atoms with E-state index in [2.05, 4.69) is 118 Å². The molecule has 0 amide bonds. The van der Waals surface area contributed by atoms with E-state index in [4.69, 9.17) is 0 Å². The van der Waals surface area contributed by atoms with Crippen LogP contribution in [-0.2, 0) is 16.2 Å². The quantitative estimate of drug-likeness (QED) is 0.392. The molecule has 0 nitrogen and oxygen atoms in total. The highest BCUT2D eigenvalue weighted by Gasteiger charge is 2.29. The van der Waals surface area contributed by atoms with E-state index in [1.54, 1.807) is 0 Å². The number of hydrogen-bond donors (Lipinski definition) is 0. The van der Waals surface area contributed by atoms with Crippen LogP contribution in [-0.4, -0.2) is 0 Å².